The van der Waals surface area contributed by atoms with Crippen molar-refractivity contribution in [2.24, 2.45) is 5.92 Å². The number of ether oxygens (including phenoxy) is 2. The number of amides is 1. The topological polar surface area (TPSA) is 88.2 Å². The number of likely N-dealkylation sites (N-methyl/N-ethyl adjacent to an activating group) is 1. The van der Waals surface area contributed by atoms with E-state index in [1.54, 1.807) is 12.1 Å². The Bertz CT molecular complexity index is 1110. The first-order chi connectivity index (χ1) is 16.3. The number of rotatable bonds is 7. The molecule has 2 heterocycles. The van der Waals surface area contributed by atoms with Gasteiger partial charge in [0.15, 0.2) is 11.5 Å². The standard InChI is InChI=1S/C25H33N3O5S/c1-18-4-6-19(7-5-18)22(27(2)3)17-26-25(29)20-10-12-28(13-11-20)34(30,31)21-8-9-23-24(16-21)33-15-14-32-23/h4-9,16,20,22H,10-15,17H2,1-3H3,(H,26,29)/t22-/m1/s1. The fourth-order valence-corrected chi connectivity index (χ4v) is 5.91. The predicted octanol–water partition coefficient (Wildman–Crippen LogP) is 2.59. The van der Waals surface area contributed by atoms with Crippen LogP contribution in [0, 0.1) is 12.8 Å². The third-order valence-electron chi connectivity index (χ3n) is 6.53. The average Bonchev–Trinajstić information content (AvgIpc) is 2.84. The van der Waals surface area contributed by atoms with Gasteiger partial charge in [-0.2, -0.15) is 4.31 Å². The number of fused-ring (bicyclic) bond motifs is 1. The van der Waals surface area contributed by atoms with Gasteiger partial charge in [-0.1, -0.05) is 29.8 Å². The zero-order valence-electron chi connectivity index (χ0n) is 20.0. The highest BCUT2D eigenvalue weighted by Gasteiger charge is 2.33. The molecule has 34 heavy (non-hydrogen) atoms. The zero-order chi connectivity index (χ0) is 24.3. The van der Waals surface area contributed by atoms with E-state index in [9.17, 15) is 13.2 Å². The number of carbonyl (C=O) groups is 1. The summed E-state index contributed by atoms with van der Waals surface area (Å²) in [6.07, 6.45) is 0.986. The van der Waals surface area contributed by atoms with Gasteiger partial charge in [-0.15, -0.1) is 0 Å². The lowest BCUT2D eigenvalue weighted by Gasteiger charge is -2.31. The first-order valence-corrected chi connectivity index (χ1v) is 13.1. The van der Waals surface area contributed by atoms with Crippen molar-refractivity contribution in [3.05, 3.63) is 53.6 Å². The van der Waals surface area contributed by atoms with Crippen LogP contribution in [0.3, 0.4) is 0 Å². The van der Waals surface area contributed by atoms with E-state index in [-0.39, 0.29) is 22.8 Å². The highest BCUT2D eigenvalue weighted by molar-refractivity contribution is 7.89. The van der Waals surface area contributed by atoms with Gasteiger partial charge in [-0.3, -0.25) is 4.79 Å². The molecule has 1 N–H and O–H groups in total. The third-order valence-corrected chi connectivity index (χ3v) is 8.43. The normalized spacial score (nSPS) is 18.0. The van der Waals surface area contributed by atoms with E-state index in [2.05, 4.69) is 41.4 Å². The van der Waals surface area contributed by atoms with Gasteiger partial charge in [0, 0.05) is 31.6 Å². The van der Waals surface area contributed by atoms with Crippen LogP contribution in [0.2, 0.25) is 0 Å². The molecule has 0 bridgehead atoms. The maximum absolute atomic E-state index is 13.1. The van der Waals surface area contributed by atoms with Crippen molar-refractivity contribution < 1.29 is 22.7 Å². The van der Waals surface area contributed by atoms with Crippen molar-refractivity contribution in [1.29, 1.82) is 0 Å². The second kappa shape index (κ2) is 10.3. The summed E-state index contributed by atoms with van der Waals surface area (Å²) in [5.74, 6) is 0.788. The van der Waals surface area contributed by atoms with Crippen molar-refractivity contribution in [1.82, 2.24) is 14.5 Å². The van der Waals surface area contributed by atoms with Gasteiger partial charge in [0.1, 0.15) is 13.2 Å². The van der Waals surface area contributed by atoms with Gasteiger partial charge in [-0.25, -0.2) is 8.42 Å². The van der Waals surface area contributed by atoms with Gasteiger partial charge in [0.2, 0.25) is 15.9 Å². The van der Waals surface area contributed by atoms with Crippen LogP contribution in [0.4, 0.5) is 0 Å². The number of aryl methyl sites for hydroxylation is 1. The Kier molecular flexibility index (Phi) is 7.45. The number of nitrogens with one attached hydrogen (secondary N) is 1. The van der Waals surface area contributed by atoms with Crippen LogP contribution in [0.25, 0.3) is 0 Å². The van der Waals surface area contributed by atoms with E-state index in [1.165, 1.54) is 15.9 Å². The molecule has 0 unspecified atom stereocenters. The van der Waals surface area contributed by atoms with E-state index in [0.717, 1.165) is 5.56 Å². The van der Waals surface area contributed by atoms with Gasteiger partial charge < -0.3 is 19.7 Å². The molecule has 2 aliphatic heterocycles. The summed E-state index contributed by atoms with van der Waals surface area (Å²) < 4.78 is 38.8. The number of carbonyl (C=O) groups excluding carboxylic acids is 1. The Morgan fingerprint density at radius 1 is 1.06 bits per heavy atom. The molecule has 0 aromatic heterocycles. The molecule has 9 heteroatoms. The van der Waals surface area contributed by atoms with Crippen LogP contribution in [-0.2, 0) is 14.8 Å². The van der Waals surface area contributed by atoms with Crippen LogP contribution in [-0.4, -0.2) is 70.5 Å². The number of nitrogens with zero attached hydrogens (tertiary/aromatic N) is 2. The lowest BCUT2D eigenvalue weighted by Crippen LogP contribution is -2.44. The molecule has 1 atom stereocenters. The van der Waals surface area contributed by atoms with Crippen molar-refractivity contribution in [3.8, 4) is 11.5 Å². The van der Waals surface area contributed by atoms with Gasteiger partial charge in [0.25, 0.3) is 0 Å². The Morgan fingerprint density at radius 2 is 1.71 bits per heavy atom. The van der Waals surface area contributed by atoms with E-state index in [1.807, 2.05) is 14.1 Å². The van der Waals surface area contributed by atoms with Crippen molar-refractivity contribution >= 4 is 15.9 Å². The number of benzene rings is 2. The second-order valence-electron chi connectivity index (χ2n) is 9.12. The van der Waals surface area contributed by atoms with Crippen molar-refractivity contribution in [3.63, 3.8) is 0 Å². The minimum atomic E-state index is -3.66. The molecule has 1 amide bonds. The van der Waals surface area contributed by atoms with Gasteiger partial charge >= 0.3 is 0 Å². The summed E-state index contributed by atoms with van der Waals surface area (Å²) in [4.78, 5) is 15.1. The largest absolute Gasteiger partial charge is 0.486 e. The van der Waals surface area contributed by atoms with Crippen LogP contribution < -0.4 is 14.8 Å². The minimum Gasteiger partial charge on any atom is -0.486 e. The minimum absolute atomic E-state index is 0.0182. The summed E-state index contributed by atoms with van der Waals surface area (Å²) in [5, 5.41) is 3.09. The summed E-state index contributed by atoms with van der Waals surface area (Å²) >= 11 is 0. The maximum Gasteiger partial charge on any atom is 0.243 e. The van der Waals surface area contributed by atoms with Crippen molar-refractivity contribution in [2.45, 2.75) is 30.7 Å². The average molecular weight is 488 g/mol. The molecule has 0 aliphatic carbocycles. The van der Waals surface area contributed by atoms with Gasteiger partial charge in [0.05, 0.1) is 10.9 Å². The molecule has 0 saturated carbocycles. The molecule has 1 fully saturated rings. The molecular weight excluding hydrogens is 454 g/mol. The molecule has 2 aromatic carbocycles. The van der Waals surface area contributed by atoms with Crippen LogP contribution >= 0.6 is 0 Å². The lowest BCUT2D eigenvalue weighted by molar-refractivity contribution is -0.126. The number of hydrogen-bond acceptors (Lipinski definition) is 6. The monoisotopic (exact) mass is 487 g/mol. The Balaban J connectivity index is 1.34. The summed E-state index contributed by atoms with van der Waals surface area (Å²) in [5.41, 5.74) is 2.35. The molecule has 4 rings (SSSR count). The second-order valence-corrected chi connectivity index (χ2v) is 11.1. The SMILES string of the molecule is Cc1ccc([C@@H](CNC(=O)C2CCN(S(=O)(=O)c3ccc4c(c3)OCCO4)CC2)N(C)C)cc1. The summed E-state index contributed by atoms with van der Waals surface area (Å²) in [7, 11) is 0.334. The molecule has 1 saturated heterocycles. The highest BCUT2D eigenvalue weighted by atomic mass is 32.2. The Labute approximate surface area is 201 Å². The first-order valence-electron chi connectivity index (χ1n) is 11.7. The zero-order valence-corrected chi connectivity index (χ0v) is 20.8. The lowest BCUT2D eigenvalue weighted by atomic mass is 9.97. The van der Waals surface area contributed by atoms with Gasteiger partial charge in [-0.05, 0) is 51.6 Å². The molecule has 0 spiro atoms. The smallest absolute Gasteiger partial charge is 0.243 e. The van der Waals surface area contributed by atoms with Crippen LogP contribution in [0.1, 0.15) is 30.0 Å². The summed E-state index contributed by atoms with van der Waals surface area (Å²) in [6.45, 7) is 4.03. The predicted molar refractivity (Wildman–Crippen MR) is 130 cm³/mol. The van der Waals surface area contributed by atoms with E-state index < -0.39 is 10.0 Å². The fourth-order valence-electron chi connectivity index (χ4n) is 4.42. The number of hydrogen-bond donors (Lipinski definition) is 1. The van der Waals surface area contributed by atoms with E-state index >= 15 is 0 Å². The molecule has 2 aromatic rings. The quantitative estimate of drug-likeness (QED) is 0.646. The number of piperidine rings is 1. The molecular formula is C25H33N3O5S. The molecule has 0 radical (unpaired) electrons. The Morgan fingerprint density at radius 3 is 2.35 bits per heavy atom. The first kappa shape index (κ1) is 24.5. The highest BCUT2D eigenvalue weighted by Crippen LogP contribution is 2.34. The van der Waals surface area contributed by atoms with Crippen LogP contribution in [0.15, 0.2) is 47.4 Å². The van der Waals surface area contributed by atoms with E-state index in [0.29, 0.717) is 57.2 Å². The van der Waals surface area contributed by atoms with Crippen LogP contribution in [0.5, 0.6) is 11.5 Å². The Hall–Kier alpha value is -2.62. The third kappa shape index (κ3) is 5.37. The molecule has 8 nitrogen and oxygen atoms in total. The molecule has 184 valence electrons. The van der Waals surface area contributed by atoms with E-state index in [4.69, 9.17) is 9.47 Å². The number of sulfonamides is 1. The van der Waals surface area contributed by atoms with Crippen molar-refractivity contribution in [2.75, 3.05) is 46.9 Å². The fraction of sp³-hybridized carbons (Fsp3) is 0.480. The maximum atomic E-state index is 13.1. The molecule has 2 aliphatic rings. The summed E-state index contributed by atoms with van der Waals surface area (Å²) in [6, 6.07) is 13.1.